The lowest BCUT2D eigenvalue weighted by Crippen LogP contribution is -2.44. The zero-order valence-corrected chi connectivity index (χ0v) is 11.5. The molecule has 2 rings (SSSR count). The van der Waals surface area contributed by atoms with Crippen molar-refractivity contribution < 1.29 is 18.1 Å². The molecule has 1 N–H and O–H groups in total. The van der Waals surface area contributed by atoms with Gasteiger partial charge in [-0.3, -0.25) is 10.1 Å². The van der Waals surface area contributed by atoms with E-state index < -0.39 is 22.4 Å². The molecular weight excluding hydrogens is 287 g/mol. The molecular formula is C13H16F3N3O2. The van der Waals surface area contributed by atoms with Crippen molar-refractivity contribution >= 4 is 11.4 Å². The quantitative estimate of drug-likeness (QED) is 0.689. The van der Waals surface area contributed by atoms with Gasteiger partial charge in [0.05, 0.1) is 4.92 Å². The van der Waals surface area contributed by atoms with E-state index in [1.54, 1.807) is 11.9 Å². The predicted octanol–water partition coefficient (Wildman–Crippen LogP) is 2.80. The highest BCUT2D eigenvalue weighted by Gasteiger charge is 2.38. The molecule has 0 aromatic heterocycles. The van der Waals surface area contributed by atoms with Crippen LogP contribution in [0.25, 0.3) is 0 Å². The lowest BCUT2D eigenvalue weighted by atomic mass is 10.0. The van der Waals surface area contributed by atoms with Crippen LogP contribution in [0.2, 0.25) is 0 Å². The molecule has 21 heavy (non-hydrogen) atoms. The van der Waals surface area contributed by atoms with Gasteiger partial charge >= 0.3 is 6.18 Å². The molecule has 0 bridgehead atoms. The third-order valence-electron chi connectivity index (χ3n) is 3.71. The van der Waals surface area contributed by atoms with Gasteiger partial charge in [0.15, 0.2) is 0 Å². The van der Waals surface area contributed by atoms with Crippen LogP contribution in [0.15, 0.2) is 18.2 Å². The fourth-order valence-electron chi connectivity index (χ4n) is 2.50. The molecule has 5 nitrogen and oxygen atoms in total. The second kappa shape index (κ2) is 5.88. The third-order valence-corrected chi connectivity index (χ3v) is 3.71. The Kier molecular flexibility index (Phi) is 4.36. The van der Waals surface area contributed by atoms with Crippen LogP contribution in [-0.4, -0.2) is 31.1 Å². The topological polar surface area (TPSA) is 58.4 Å². The lowest BCUT2D eigenvalue weighted by Gasteiger charge is -2.33. The van der Waals surface area contributed by atoms with Crippen LogP contribution < -0.4 is 10.2 Å². The first-order valence-electron chi connectivity index (χ1n) is 6.60. The number of rotatable bonds is 3. The van der Waals surface area contributed by atoms with Crippen LogP contribution >= 0.6 is 0 Å². The smallest absolute Gasteiger partial charge is 0.370 e. The highest BCUT2D eigenvalue weighted by Crippen LogP contribution is 2.38. The molecule has 1 aliphatic rings. The number of nitrogens with one attached hydrogen (secondary N) is 1. The average Bonchev–Trinajstić information content (AvgIpc) is 2.45. The summed E-state index contributed by atoms with van der Waals surface area (Å²) in [7, 11) is 1.71. The Morgan fingerprint density at radius 3 is 2.67 bits per heavy atom. The van der Waals surface area contributed by atoms with Gasteiger partial charge in [0, 0.05) is 31.4 Å². The van der Waals surface area contributed by atoms with Crippen molar-refractivity contribution in [2.45, 2.75) is 25.1 Å². The highest BCUT2D eigenvalue weighted by atomic mass is 19.4. The maximum absolute atomic E-state index is 13.0. The van der Waals surface area contributed by atoms with Crippen molar-refractivity contribution in [3.63, 3.8) is 0 Å². The number of piperidine rings is 1. The van der Waals surface area contributed by atoms with E-state index in [1.807, 2.05) is 0 Å². The van der Waals surface area contributed by atoms with Gasteiger partial charge in [-0.25, -0.2) is 0 Å². The molecule has 8 heteroatoms. The fourth-order valence-corrected chi connectivity index (χ4v) is 2.50. The van der Waals surface area contributed by atoms with Crippen molar-refractivity contribution in [1.82, 2.24) is 5.32 Å². The zero-order chi connectivity index (χ0) is 15.6. The van der Waals surface area contributed by atoms with Gasteiger partial charge in [0.2, 0.25) is 0 Å². The number of nitrogens with zero attached hydrogens (tertiary/aromatic N) is 2. The minimum atomic E-state index is -4.75. The van der Waals surface area contributed by atoms with E-state index in [2.05, 4.69) is 5.32 Å². The van der Waals surface area contributed by atoms with Crippen LogP contribution in [0.1, 0.15) is 18.4 Å². The number of hydrogen-bond donors (Lipinski definition) is 1. The van der Waals surface area contributed by atoms with E-state index in [-0.39, 0.29) is 6.04 Å². The zero-order valence-electron chi connectivity index (χ0n) is 11.5. The largest absolute Gasteiger partial charge is 0.423 e. The maximum atomic E-state index is 13.0. The number of nitro benzene ring substituents is 1. The molecule has 1 aliphatic heterocycles. The van der Waals surface area contributed by atoms with Gasteiger partial charge in [-0.1, -0.05) is 0 Å². The summed E-state index contributed by atoms with van der Waals surface area (Å²) >= 11 is 0. The third kappa shape index (κ3) is 3.44. The van der Waals surface area contributed by atoms with Crippen LogP contribution in [0.3, 0.4) is 0 Å². The molecule has 1 fully saturated rings. The number of nitro groups is 1. The number of hydrogen-bond acceptors (Lipinski definition) is 4. The molecule has 1 atom stereocenters. The Balaban J connectivity index is 2.34. The Morgan fingerprint density at radius 2 is 2.14 bits per heavy atom. The van der Waals surface area contributed by atoms with Gasteiger partial charge in [-0.15, -0.1) is 0 Å². The summed E-state index contributed by atoms with van der Waals surface area (Å²) in [5.74, 6) is 0. The van der Waals surface area contributed by atoms with E-state index in [0.717, 1.165) is 31.5 Å². The van der Waals surface area contributed by atoms with E-state index in [0.29, 0.717) is 12.2 Å². The van der Waals surface area contributed by atoms with Gasteiger partial charge in [-0.05, 0) is 31.5 Å². The summed E-state index contributed by atoms with van der Waals surface area (Å²) in [5, 5.41) is 13.9. The van der Waals surface area contributed by atoms with Crippen molar-refractivity contribution in [3.8, 4) is 0 Å². The molecule has 1 unspecified atom stereocenters. The Bertz CT molecular complexity index is 528. The summed E-state index contributed by atoms with van der Waals surface area (Å²) in [5.41, 5.74) is -1.79. The standard InChI is InChI=1S/C13H16F3N3O2/c1-18(10-3-2-6-17-8-10)9-4-5-12(19(20)21)11(7-9)13(14,15)16/h4-5,7,10,17H,2-3,6,8H2,1H3. The molecule has 0 spiro atoms. The predicted molar refractivity (Wildman–Crippen MR) is 72.4 cm³/mol. The average molecular weight is 303 g/mol. The molecule has 1 aromatic rings. The Hall–Kier alpha value is -1.83. The van der Waals surface area contributed by atoms with E-state index in [4.69, 9.17) is 0 Å². The van der Waals surface area contributed by atoms with E-state index >= 15 is 0 Å². The van der Waals surface area contributed by atoms with E-state index in [9.17, 15) is 23.3 Å². The van der Waals surface area contributed by atoms with Crippen molar-refractivity contribution in [2.75, 3.05) is 25.0 Å². The molecule has 1 aromatic carbocycles. The molecule has 1 saturated heterocycles. The molecule has 0 amide bonds. The Labute approximate surface area is 119 Å². The minimum Gasteiger partial charge on any atom is -0.370 e. The van der Waals surface area contributed by atoms with Gasteiger partial charge in [-0.2, -0.15) is 13.2 Å². The summed E-state index contributed by atoms with van der Waals surface area (Å²) in [6, 6.07) is 3.22. The van der Waals surface area contributed by atoms with Crippen LogP contribution in [0.5, 0.6) is 0 Å². The number of anilines is 1. The molecule has 116 valence electrons. The minimum absolute atomic E-state index is 0.0845. The van der Waals surface area contributed by atoms with Crippen molar-refractivity contribution in [1.29, 1.82) is 0 Å². The Morgan fingerprint density at radius 1 is 1.43 bits per heavy atom. The second-order valence-electron chi connectivity index (χ2n) is 5.07. The fraction of sp³-hybridized carbons (Fsp3) is 0.538. The summed E-state index contributed by atoms with van der Waals surface area (Å²) in [6.45, 7) is 1.59. The van der Waals surface area contributed by atoms with Gasteiger partial charge in [0.1, 0.15) is 5.56 Å². The first kappa shape index (κ1) is 15.6. The monoisotopic (exact) mass is 303 g/mol. The number of benzene rings is 1. The number of likely N-dealkylation sites (N-methyl/N-ethyl adjacent to an activating group) is 1. The lowest BCUT2D eigenvalue weighted by molar-refractivity contribution is -0.388. The van der Waals surface area contributed by atoms with Crippen molar-refractivity contribution in [3.05, 3.63) is 33.9 Å². The SMILES string of the molecule is CN(c1ccc([N+](=O)[O-])c(C(F)(F)F)c1)C1CCCNC1. The number of halogens is 3. The van der Waals surface area contributed by atoms with Crippen LogP contribution in [0, 0.1) is 10.1 Å². The van der Waals surface area contributed by atoms with Crippen LogP contribution in [0.4, 0.5) is 24.5 Å². The summed E-state index contributed by atoms with van der Waals surface area (Å²) < 4.78 is 38.9. The molecule has 0 radical (unpaired) electrons. The normalized spacial score (nSPS) is 19.3. The van der Waals surface area contributed by atoms with Gasteiger partial charge < -0.3 is 10.2 Å². The van der Waals surface area contributed by atoms with Crippen molar-refractivity contribution in [2.24, 2.45) is 0 Å². The molecule has 0 aliphatic carbocycles. The van der Waals surface area contributed by atoms with Crippen LogP contribution in [-0.2, 0) is 6.18 Å². The first-order valence-corrected chi connectivity index (χ1v) is 6.60. The highest BCUT2D eigenvalue weighted by molar-refractivity contribution is 5.57. The second-order valence-corrected chi connectivity index (χ2v) is 5.07. The first-order chi connectivity index (χ1) is 9.80. The van der Waals surface area contributed by atoms with Gasteiger partial charge in [0.25, 0.3) is 5.69 Å². The van der Waals surface area contributed by atoms with E-state index in [1.165, 1.54) is 6.07 Å². The summed E-state index contributed by atoms with van der Waals surface area (Å²) in [6.07, 6.45) is -2.92. The maximum Gasteiger partial charge on any atom is 0.423 e. The molecule has 0 saturated carbocycles. The number of alkyl halides is 3. The summed E-state index contributed by atoms with van der Waals surface area (Å²) in [4.78, 5) is 11.5. The molecule has 1 heterocycles.